The first-order valence-corrected chi connectivity index (χ1v) is 13.7. The average Bonchev–Trinajstić information content (AvgIpc) is 3.56. The zero-order valence-corrected chi connectivity index (χ0v) is 25.4. The van der Waals surface area contributed by atoms with Crippen LogP contribution in [0, 0.1) is 6.92 Å². The Morgan fingerprint density at radius 2 is 1.67 bits per heavy atom. The first kappa shape index (κ1) is 32.6. The standard InChI is InChI=1S/C29H37N5O2S.2ClH/c1-21(2)30-13-14-31-28(35)19-33(26-16-23(12-11-22(26)3)27-10-7-15-37-27)20-29(36)32(4)34-17-24-8-5-6-9-25(24)18-34;;/h5-12,15-16,21,30H,13-14,17-20H2,1-4H3,(H,31,35);2*1H. The van der Waals surface area contributed by atoms with Crippen LogP contribution in [0.3, 0.4) is 0 Å². The van der Waals surface area contributed by atoms with Crippen molar-refractivity contribution in [3.05, 3.63) is 76.7 Å². The maximum Gasteiger partial charge on any atom is 0.256 e. The summed E-state index contributed by atoms with van der Waals surface area (Å²) in [6.07, 6.45) is 0. The number of halogens is 2. The largest absolute Gasteiger partial charge is 0.353 e. The smallest absolute Gasteiger partial charge is 0.256 e. The zero-order valence-electron chi connectivity index (χ0n) is 23.0. The highest BCUT2D eigenvalue weighted by atomic mass is 35.5. The van der Waals surface area contributed by atoms with Gasteiger partial charge in [0.15, 0.2) is 0 Å². The molecule has 0 bridgehead atoms. The molecular formula is C29H39Cl2N5O2S. The van der Waals surface area contributed by atoms with Crippen LogP contribution in [-0.4, -0.2) is 61.1 Å². The molecule has 1 aliphatic heterocycles. The SMILES string of the molecule is Cc1ccc(-c2cccs2)cc1N(CC(=O)NCCNC(C)C)CC(=O)N(C)N1Cc2ccccc2C1.Cl.Cl. The number of nitrogens with one attached hydrogen (secondary N) is 2. The van der Waals surface area contributed by atoms with Crippen molar-refractivity contribution in [2.24, 2.45) is 0 Å². The van der Waals surface area contributed by atoms with Gasteiger partial charge in [-0.05, 0) is 46.7 Å². The minimum absolute atomic E-state index is 0. The molecule has 0 saturated carbocycles. The molecule has 3 aromatic rings. The lowest BCUT2D eigenvalue weighted by Gasteiger charge is -2.32. The molecule has 2 aromatic carbocycles. The second kappa shape index (κ2) is 15.2. The second-order valence-corrected chi connectivity index (χ2v) is 10.7. The highest BCUT2D eigenvalue weighted by molar-refractivity contribution is 7.13. The van der Waals surface area contributed by atoms with E-state index in [9.17, 15) is 9.59 Å². The molecular weight excluding hydrogens is 553 g/mol. The van der Waals surface area contributed by atoms with Gasteiger partial charge in [0.05, 0.1) is 13.1 Å². The first-order chi connectivity index (χ1) is 17.8. The number of hydrogen-bond donors (Lipinski definition) is 2. The lowest BCUT2D eigenvalue weighted by Crippen LogP contribution is -2.48. The molecule has 0 radical (unpaired) electrons. The van der Waals surface area contributed by atoms with Crippen LogP contribution in [0.15, 0.2) is 60.0 Å². The average molecular weight is 593 g/mol. The number of nitrogens with zero attached hydrogens (tertiary/aromatic N) is 3. The number of likely N-dealkylation sites (N-methyl/N-ethyl adjacent to an activating group) is 1. The van der Waals surface area contributed by atoms with Crippen molar-refractivity contribution >= 4 is 53.7 Å². The van der Waals surface area contributed by atoms with E-state index in [0.29, 0.717) is 32.2 Å². The van der Waals surface area contributed by atoms with Crippen LogP contribution in [-0.2, 0) is 22.7 Å². The summed E-state index contributed by atoms with van der Waals surface area (Å²) in [5.41, 5.74) is 5.49. The molecule has 0 aliphatic carbocycles. The van der Waals surface area contributed by atoms with E-state index >= 15 is 0 Å². The number of amides is 2. The maximum atomic E-state index is 13.5. The molecule has 10 heteroatoms. The molecule has 0 fully saturated rings. The summed E-state index contributed by atoms with van der Waals surface area (Å²) in [4.78, 5) is 29.5. The van der Waals surface area contributed by atoms with Crippen LogP contribution in [0.2, 0.25) is 0 Å². The van der Waals surface area contributed by atoms with Crippen molar-refractivity contribution in [1.29, 1.82) is 0 Å². The Kier molecular flexibility index (Phi) is 12.7. The van der Waals surface area contributed by atoms with E-state index in [1.165, 1.54) is 11.1 Å². The number of hydrazine groups is 1. The second-order valence-electron chi connectivity index (χ2n) is 9.80. The molecule has 2 heterocycles. The number of carbonyl (C=O) groups excluding carboxylic acids is 2. The molecule has 2 amide bonds. The van der Waals surface area contributed by atoms with Gasteiger partial charge in [-0.15, -0.1) is 36.2 Å². The third kappa shape index (κ3) is 8.68. The van der Waals surface area contributed by atoms with Gasteiger partial charge in [0.1, 0.15) is 0 Å². The van der Waals surface area contributed by atoms with Crippen LogP contribution in [0.5, 0.6) is 0 Å². The van der Waals surface area contributed by atoms with E-state index in [1.807, 2.05) is 37.1 Å². The third-order valence-corrected chi connectivity index (χ3v) is 7.54. The minimum atomic E-state index is -0.101. The molecule has 0 unspecified atom stereocenters. The highest BCUT2D eigenvalue weighted by Gasteiger charge is 2.27. The maximum absolute atomic E-state index is 13.5. The Hall–Kier alpha value is -2.62. The molecule has 0 spiro atoms. The summed E-state index contributed by atoms with van der Waals surface area (Å²) in [5.74, 6) is -0.154. The molecule has 7 nitrogen and oxygen atoms in total. The molecule has 0 saturated heterocycles. The van der Waals surface area contributed by atoms with Crippen molar-refractivity contribution in [3.63, 3.8) is 0 Å². The van der Waals surface area contributed by atoms with Crippen molar-refractivity contribution in [3.8, 4) is 10.4 Å². The number of rotatable bonds is 11. The molecule has 2 N–H and O–H groups in total. The van der Waals surface area contributed by atoms with Crippen molar-refractivity contribution in [2.45, 2.75) is 39.9 Å². The fraction of sp³-hybridized carbons (Fsp3) is 0.379. The molecule has 0 atom stereocenters. The normalized spacial score (nSPS) is 12.3. The lowest BCUT2D eigenvalue weighted by molar-refractivity contribution is -0.145. The number of fused-ring (bicyclic) bond motifs is 1. The summed E-state index contributed by atoms with van der Waals surface area (Å²) in [6, 6.07) is 19.0. The van der Waals surface area contributed by atoms with Crippen molar-refractivity contribution in [2.75, 3.05) is 38.1 Å². The van der Waals surface area contributed by atoms with Gasteiger partial charge >= 0.3 is 0 Å². The van der Waals surface area contributed by atoms with Crippen molar-refractivity contribution in [1.82, 2.24) is 20.7 Å². The fourth-order valence-corrected chi connectivity index (χ4v) is 5.24. The monoisotopic (exact) mass is 591 g/mol. The van der Waals surface area contributed by atoms with Crippen LogP contribution < -0.4 is 15.5 Å². The van der Waals surface area contributed by atoms with E-state index < -0.39 is 0 Å². The Morgan fingerprint density at radius 3 is 2.28 bits per heavy atom. The molecule has 4 rings (SSSR count). The predicted octanol–water partition coefficient (Wildman–Crippen LogP) is 4.88. The predicted molar refractivity (Wildman–Crippen MR) is 166 cm³/mol. The fourth-order valence-electron chi connectivity index (χ4n) is 4.52. The Morgan fingerprint density at radius 1 is 0.974 bits per heavy atom. The number of benzene rings is 2. The molecule has 212 valence electrons. The van der Waals surface area contributed by atoms with Gasteiger partial charge in [0.2, 0.25) is 5.91 Å². The van der Waals surface area contributed by atoms with E-state index in [1.54, 1.807) is 16.3 Å². The van der Waals surface area contributed by atoms with Gasteiger partial charge in [0.25, 0.3) is 5.91 Å². The Labute approximate surface area is 248 Å². The minimum Gasteiger partial charge on any atom is -0.353 e. The zero-order chi connectivity index (χ0) is 26.4. The van der Waals surface area contributed by atoms with Gasteiger partial charge in [-0.3, -0.25) is 14.6 Å². The van der Waals surface area contributed by atoms with Crippen LogP contribution in [0.4, 0.5) is 5.69 Å². The number of aryl methyl sites for hydroxylation is 1. The molecule has 1 aliphatic rings. The summed E-state index contributed by atoms with van der Waals surface area (Å²) < 4.78 is 0. The highest BCUT2D eigenvalue weighted by Crippen LogP contribution is 2.31. The van der Waals surface area contributed by atoms with E-state index in [0.717, 1.165) is 21.7 Å². The Bertz CT molecular complexity index is 1200. The van der Waals surface area contributed by atoms with Gasteiger partial charge in [-0.1, -0.05) is 56.3 Å². The number of anilines is 1. The topological polar surface area (TPSA) is 67.9 Å². The van der Waals surface area contributed by atoms with E-state index in [-0.39, 0.29) is 49.7 Å². The van der Waals surface area contributed by atoms with E-state index in [2.05, 4.69) is 71.3 Å². The summed E-state index contributed by atoms with van der Waals surface area (Å²) in [7, 11) is 1.82. The third-order valence-electron chi connectivity index (χ3n) is 6.63. The Balaban J connectivity index is 0.00000267. The molecule has 1 aromatic heterocycles. The van der Waals surface area contributed by atoms with Gasteiger partial charge in [-0.2, -0.15) is 0 Å². The van der Waals surface area contributed by atoms with Crippen LogP contribution >= 0.6 is 36.2 Å². The number of carbonyl (C=O) groups is 2. The van der Waals surface area contributed by atoms with Crippen LogP contribution in [0.25, 0.3) is 10.4 Å². The summed E-state index contributed by atoms with van der Waals surface area (Å²) in [6.45, 7) is 9.04. The molecule has 39 heavy (non-hydrogen) atoms. The summed E-state index contributed by atoms with van der Waals surface area (Å²) >= 11 is 1.68. The quantitative estimate of drug-likeness (QED) is 0.311. The van der Waals surface area contributed by atoms with E-state index in [4.69, 9.17) is 0 Å². The van der Waals surface area contributed by atoms with Gasteiger partial charge in [-0.25, -0.2) is 5.01 Å². The number of thiophene rings is 1. The van der Waals surface area contributed by atoms with Crippen molar-refractivity contribution < 1.29 is 9.59 Å². The lowest BCUT2D eigenvalue weighted by atomic mass is 10.1. The first-order valence-electron chi connectivity index (χ1n) is 12.8. The number of hydrogen-bond acceptors (Lipinski definition) is 6. The van der Waals surface area contributed by atoms with Crippen LogP contribution in [0.1, 0.15) is 30.5 Å². The summed E-state index contributed by atoms with van der Waals surface area (Å²) in [5, 5.41) is 12.1. The van der Waals surface area contributed by atoms with Gasteiger partial charge in [0, 0.05) is 49.8 Å². The van der Waals surface area contributed by atoms with Gasteiger partial charge < -0.3 is 15.5 Å².